The van der Waals surface area contributed by atoms with E-state index in [-0.39, 0.29) is 11.3 Å². The van der Waals surface area contributed by atoms with Crippen molar-refractivity contribution in [3.05, 3.63) is 65.7 Å². The Kier molecular flexibility index (Phi) is 4.93. The Balaban J connectivity index is 2.29. The number of urea groups is 1. The molecular weight excluding hydrogens is 298 g/mol. The number of carbonyl (C=O) groups is 3. The lowest BCUT2D eigenvalue weighted by molar-refractivity contribution is -0.118. The van der Waals surface area contributed by atoms with Crippen molar-refractivity contribution in [2.75, 3.05) is 5.32 Å². The van der Waals surface area contributed by atoms with Gasteiger partial charge in [-0.25, -0.2) is 9.59 Å². The zero-order valence-corrected chi connectivity index (χ0v) is 12.0. The fourth-order valence-electron chi connectivity index (χ4n) is 2.07. The molecule has 2 aromatic carbocycles. The minimum absolute atomic E-state index is 0.0493. The molecule has 118 valence electrons. The van der Waals surface area contributed by atoms with Crippen LogP contribution in [0.25, 0.3) is 0 Å². The summed E-state index contributed by atoms with van der Waals surface area (Å²) in [7, 11) is 0. The molecule has 0 aliphatic heterocycles. The molecule has 0 saturated heterocycles. The highest BCUT2D eigenvalue weighted by molar-refractivity contribution is 6.03. The average molecular weight is 313 g/mol. The van der Waals surface area contributed by atoms with Gasteiger partial charge in [-0.15, -0.1) is 0 Å². The third-order valence-corrected chi connectivity index (χ3v) is 3.10. The summed E-state index contributed by atoms with van der Waals surface area (Å²) in [6, 6.07) is 12.6. The first kappa shape index (κ1) is 16.0. The second-order valence-electron chi connectivity index (χ2n) is 4.69. The Hall–Kier alpha value is -3.35. The number of primary amides is 1. The number of carboxylic acid groups (broad SMARTS) is 1. The molecule has 7 nitrogen and oxygen atoms in total. The van der Waals surface area contributed by atoms with Crippen LogP contribution < -0.4 is 16.4 Å². The molecular formula is C16H15N3O4. The molecule has 0 fully saturated rings. The van der Waals surface area contributed by atoms with Gasteiger partial charge in [0.25, 0.3) is 5.91 Å². The van der Waals surface area contributed by atoms with Gasteiger partial charge in [-0.3, -0.25) is 4.79 Å². The first-order valence-corrected chi connectivity index (χ1v) is 6.73. The normalized spacial score (nSPS) is 11.3. The topological polar surface area (TPSA) is 122 Å². The number of anilines is 1. The number of amides is 3. The van der Waals surface area contributed by atoms with E-state index in [9.17, 15) is 14.4 Å². The molecule has 3 amide bonds. The van der Waals surface area contributed by atoms with Crippen molar-refractivity contribution in [3.63, 3.8) is 0 Å². The van der Waals surface area contributed by atoms with Crippen molar-refractivity contribution in [1.29, 1.82) is 0 Å². The van der Waals surface area contributed by atoms with Crippen molar-refractivity contribution in [2.24, 2.45) is 5.73 Å². The highest BCUT2D eigenvalue weighted by atomic mass is 16.4. The standard InChI is InChI=1S/C16H15N3O4/c17-16(23)19-13(10-6-2-1-3-7-10)14(20)18-12-9-5-4-8-11(12)15(21)22/h1-9,13H,(H,18,20)(H,21,22)(H3,17,19,23). The summed E-state index contributed by atoms with van der Waals surface area (Å²) in [5.41, 5.74) is 5.73. The fourth-order valence-corrected chi connectivity index (χ4v) is 2.07. The lowest BCUT2D eigenvalue weighted by atomic mass is 10.1. The molecule has 0 aliphatic rings. The average Bonchev–Trinajstić information content (AvgIpc) is 2.53. The highest BCUT2D eigenvalue weighted by Crippen LogP contribution is 2.19. The molecule has 0 heterocycles. The van der Waals surface area contributed by atoms with Gasteiger partial charge in [0.15, 0.2) is 0 Å². The van der Waals surface area contributed by atoms with Crippen LogP contribution in [0.4, 0.5) is 10.5 Å². The van der Waals surface area contributed by atoms with Gasteiger partial charge >= 0.3 is 12.0 Å². The Morgan fingerprint density at radius 3 is 2.17 bits per heavy atom. The fraction of sp³-hybridized carbons (Fsp3) is 0.0625. The summed E-state index contributed by atoms with van der Waals surface area (Å²) >= 11 is 0. The Morgan fingerprint density at radius 2 is 1.57 bits per heavy atom. The van der Waals surface area contributed by atoms with Crippen LogP contribution in [0.3, 0.4) is 0 Å². The number of para-hydroxylation sites is 1. The number of rotatable bonds is 5. The largest absolute Gasteiger partial charge is 0.478 e. The van der Waals surface area contributed by atoms with Crippen molar-refractivity contribution < 1.29 is 19.5 Å². The van der Waals surface area contributed by atoms with Crippen LogP contribution in [0.15, 0.2) is 54.6 Å². The first-order valence-electron chi connectivity index (χ1n) is 6.73. The summed E-state index contributed by atoms with van der Waals surface area (Å²) in [5, 5.41) is 14.0. The molecule has 7 heteroatoms. The quantitative estimate of drug-likeness (QED) is 0.671. The van der Waals surface area contributed by atoms with Crippen LogP contribution in [0.5, 0.6) is 0 Å². The number of nitrogens with two attached hydrogens (primary N) is 1. The number of nitrogens with one attached hydrogen (secondary N) is 2. The van der Waals surface area contributed by atoms with E-state index in [1.807, 2.05) is 0 Å². The second-order valence-corrected chi connectivity index (χ2v) is 4.69. The van der Waals surface area contributed by atoms with E-state index < -0.39 is 23.9 Å². The molecule has 0 aromatic heterocycles. The molecule has 5 N–H and O–H groups in total. The van der Waals surface area contributed by atoms with Gasteiger partial charge in [-0.1, -0.05) is 42.5 Å². The monoisotopic (exact) mass is 313 g/mol. The molecule has 23 heavy (non-hydrogen) atoms. The van der Waals surface area contributed by atoms with Crippen molar-refractivity contribution >= 4 is 23.6 Å². The van der Waals surface area contributed by atoms with Crippen LogP contribution >= 0.6 is 0 Å². The predicted molar refractivity (Wildman–Crippen MR) is 83.9 cm³/mol. The van der Waals surface area contributed by atoms with Crippen LogP contribution in [0.2, 0.25) is 0 Å². The maximum Gasteiger partial charge on any atom is 0.337 e. The van der Waals surface area contributed by atoms with E-state index in [0.29, 0.717) is 5.56 Å². The lowest BCUT2D eigenvalue weighted by Gasteiger charge is -2.18. The molecule has 0 bridgehead atoms. The van der Waals surface area contributed by atoms with Gasteiger partial charge in [0.2, 0.25) is 0 Å². The summed E-state index contributed by atoms with van der Waals surface area (Å²) in [6.07, 6.45) is 0. The molecule has 2 rings (SSSR count). The van der Waals surface area contributed by atoms with Gasteiger partial charge in [0, 0.05) is 0 Å². The van der Waals surface area contributed by atoms with Crippen molar-refractivity contribution in [2.45, 2.75) is 6.04 Å². The minimum atomic E-state index is -1.17. The first-order chi connectivity index (χ1) is 11.0. The molecule has 1 unspecified atom stereocenters. The van der Waals surface area contributed by atoms with Crippen LogP contribution in [0, 0.1) is 0 Å². The van der Waals surface area contributed by atoms with Crippen molar-refractivity contribution in [3.8, 4) is 0 Å². The number of hydrogen-bond acceptors (Lipinski definition) is 3. The summed E-state index contributed by atoms with van der Waals surface area (Å²) in [5.74, 6) is -1.76. The summed E-state index contributed by atoms with van der Waals surface area (Å²) < 4.78 is 0. The number of benzene rings is 2. The molecule has 0 aliphatic carbocycles. The second kappa shape index (κ2) is 7.08. The third kappa shape index (κ3) is 4.07. The minimum Gasteiger partial charge on any atom is -0.478 e. The van der Waals surface area contributed by atoms with E-state index >= 15 is 0 Å². The molecule has 0 radical (unpaired) electrons. The molecule has 2 aromatic rings. The van der Waals surface area contributed by atoms with Crippen LogP contribution in [-0.2, 0) is 4.79 Å². The van der Waals surface area contributed by atoms with Gasteiger partial charge in [-0.2, -0.15) is 0 Å². The third-order valence-electron chi connectivity index (χ3n) is 3.10. The highest BCUT2D eigenvalue weighted by Gasteiger charge is 2.23. The van der Waals surface area contributed by atoms with Gasteiger partial charge in [-0.05, 0) is 17.7 Å². The number of aromatic carboxylic acids is 1. The maximum absolute atomic E-state index is 12.4. The van der Waals surface area contributed by atoms with E-state index in [1.165, 1.54) is 12.1 Å². The van der Waals surface area contributed by atoms with Crippen molar-refractivity contribution in [1.82, 2.24) is 5.32 Å². The maximum atomic E-state index is 12.4. The van der Waals surface area contributed by atoms with E-state index in [4.69, 9.17) is 10.8 Å². The number of carbonyl (C=O) groups excluding carboxylic acids is 2. The van der Waals surface area contributed by atoms with E-state index in [0.717, 1.165) is 0 Å². The zero-order valence-electron chi connectivity index (χ0n) is 12.0. The SMILES string of the molecule is NC(=O)NC(C(=O)Nc1ccccc1C(=O)O)c1ccccc1. The van der Waals surface area contributed by atoms with Gasteiger partial charge in [0.05, 0.1) is 11.3 Å². The van der Waals surface area contributed by atoms with E-state index in [1.54, 1.807) is 42.5 Å². The molecule has 0 spiro atoms. The zero-order chi connectivity index (χ0) is 16.8. The number of hydrogen-bond donors (Lipinski definition) is 4. The smallest absolute Gasteiger partial charge is 0.337 e. The number of carboxylic acids is 1. The van der Waals surface area contributed by atoms with Gasteiger partial charge < -0.3 is 21.5 Å². The Labute approximate surface area is 132 Å². The summed E-state index contributed by atoms with van der Waals surface area (Å²) in [6.45, 7) is 0. The lowest BCUT2D eigenvalue weighted by Crippen LogP contribution is -2.40. The molecule has 1 atom stereocenters. The van der Waals surface area contributed by atoms with Crippen LogP contribution in [0.1, 0.15) is 22.0 Å². The van der Waals surface area contributed by atoms with Gasteiger partial charge in [0.1, 0.15) is 6.04 Å². The molecule has 0 saturated carbocycles. The summed E-state index contributed by atoms with van der Waals surface area (Å²) in [4.78, 5) is 34.8. The Morgan fingerprint density at radius 1 is 0.957 bits per heavy atom. The van der Waals surface area contributed by atoms with Crippen LogP contribution in [-0.4, -0.2) is 23.0 Å². The Bertz CT molecular complexity index is 731. The predicted octanol–water partition coefficient (Wildman–Crippen LogP) is 1.73. The van der Waals surface area contributed by atoms with E-state index in [2.05, 4.69) is 10.6 Å².